The highest BCUT2D eigenvalue weighted by Crippen LogP contribution is 2.22. The molecule has 0 aliphatic heterocycles. The first-order chi connectivity index (χ1) is 10.8. The first-order valence-corrected chi connectivity index (χ1v) is 7.17. The molecule has 0 unspecified atom stereocenters. The molecular formula is C16H16ClN3O3. The van der Waals surface area contributed by atoms with Crippen LogP contribution >= 0.6 is 11.6 Å². The molecule has 2 rings (SSSR count). The zero-order valence-electron chi connectivity index (χ0n) is 12.7. The van der Waals surface area contributed by atoms with Crippen molar-refractivity contribution in [2.24, 2.45) is 5.73 Å². The highest BCUT2D eigenvalue weighted by Gasteiger charge is 2.30. The zero-order chi connectivity index (χ0) is 17.0. The summed E-state index contributed by atoms with van der Waals surface area (Å²) in [6, 6.07) is 9.70. The van der Waals surface area contributed by atoms with Gasteiger partial charge in [-0.05, 0) is 50.2 Å². The Morgan fingerprint density at radius 3 is 2.35 bits per heavy atom. The quantitative estimate of drug-likeness (QED) is 0.879. The second-order valence-corrected chi connectivity index (χ2v) is 5.75. The number of primary amides is 1. The molecule has 0 fully saturated rings. The van der Waals surface area contributed by atoms with E-state index in [1.165, 1.54) is 12.3 Å². The molecule has 0 saturated carbocycles. The van der Waals surface area contributed by atoms with E-state index in [0.717, 1.165) is 0 Å². The largest absolute Gasteiger partial charge is 0.478 e. The Bertz CT molecular complexity index is 712. The maximum atomic E-state index is 12.3. The number of amides is 2. The van der Waals surface area contributed by atoms with Crippen molar-refractivity contribution >= 4 is 29.1 Å². The van der Waals surface area contributed by atoms with Gasteiger partial charge in [0, 0.05) is 5.02 Å². The van der Waals surface area contributed by atoms with Gasteiger partial charge < -0.3 is 15.8 Å². The standard InChI is InChI=1S/C16H16ClN3O3/c1-16(2,23-12-6-3-10(17)4-7-12)15(22)20-11-5-8-13(14(18)21)19-9-11/h3-9H,1-2H3,(H2,18,21)(H,20,22). The van der Waals surface area contributed by atoms with Crippen LogP contribution in [-0.4, -0.2) is 22.4 Å². The van der Waals surface area contributed by atoms with E-state index in [1.807, 2.05) is 0 Å². The average Bonchev–Trinajstić information content (AvgIpc) is 2.50. The van der Waals surface area contributed by atoms with E-state index in [4.69, 9.17) is 22.1 Å². The minimum Gasteiger partial charge on any atom is -0.478 e. The van der Waals surface area contributed by atoms with Crippen LogP contribution in [0.1, 0.15) is 24.3 Å². The highest BCUT2D eigenvalue weighted by molar-refractivity contribution is 6.30. The third kappa shape index (κ3) is 4.43. The molecule has 0 spiro atoms. The molecule has 0 saturated heterocycles. The highest BCUT2D eigenvalue weighted by atomic mass is 35.5. The molecule has 2 aromatic rings. The number of nitrogens with one attached hydrogen (secondary N) is 1. The molecule has 3 N–H and O–H groups in total. The Labute approximate surface area is 138 Å². The molecule has 6 nitrogen and oxygen atoms in total. The molecule has 0 atom stereocenters. The lowest BCUT2D eigenvalue weighted by Crippen LogP contribution is -2.42. The molecule has 120 valence electrons. The maximum absolute atomic E-state index is 12.3. The van der Waals surface area contributed by atoms with Gasteiger partial charge in [0.05, 0.1) is 11.9 Å². The summed E-state index contributed by atoms with van der Waals surface area (Å²) in [6.07, 6.45) is 1.36. The molecule has 1 aromatic heterocycles. The van der Waals surface area contributed by atoms with Crippen molar-refractivity contribution in [1.82, 2.24) is 4.98 Å². The summed E-state index contributed by atoms with van der Waals surface area (Å²) in [5, 5.41) is 3.26. The van der Waals surface area contributed by atoms with Gasteiger partial charge in [0.25, 0.3) is 11.8 Å². The van der Waals surface area contributed by atoms with E-state index in [-0.39, 0.29) is 11.6 Å². The summed E-state index contributed by atoms with van der Waals surface area (Å²) in [5.74, 6) is -0.466. The van der Waals surface area contributed by atoms with Crippen LogP contribution in [0, 0.1) is 0 Å². The third-order valence-corrected chi connectivity index (χ3v) is 3.26. The smallest absolute Gasteiger partial charge is 0.268 e. The van der Waals surface area contributed by atoms with Crippen LogP contribution in [-0.2, 0) is 4.79 Å². The number of hydrogen-bond donors (Lipinski definition) is 2. The predicted octanol–water partition coefficient (Wildman–Crippen LogP) is 2.63. The number of nitrogens with zero attached hydrogens (tertiary/aromatic N) is 1. The number of rotatable bonds is 5. The fourth-order valence-corrected chi connectivity index (χ4v) is 1.86. The van der Waals surface area contributed by atoms with E-state index in [1.54, 1.807) is 44.2 Å². The number of ether oxygens (including phenoxy) is 1. The molecule has 0 bridgehead atoms. The van der Waals surface area contributed by atoms with Gasteiger partial charge in [-0.2, -0.15) is 0 Å². The summed E-state index contributed by atoms with van der Waals surface area (Å²) >= 11 is 5.81. The lowest BCUT2D eigenvalue weighted by molar-refractivity contribution is -0.128. The van der Waals surface area contributed by atoms with E-state index >= 15 is 0 Å². The Kier molecular flexibility index (Phi) is 4.86. The molecule has 7 heteroatoms. The van der Waals surface area contributed by atoms with Gasteiger partial charge in [-0.1, -0.05) is 11.6 Å². The summed E-state index contributed by atoms with van der Waals surface area (Å²) in [5.41, 5.74) is 4.56. The van der Waals surface area contributed by atoms with Gasteiger partial charge in [-0.15, -0.1) is 0 Å². The molecule has 0 aliphatic rings. The minimum atomic E-state index is -1.11. The number of nitrogens with two attached hydrogens (primary N) is 1. The fraction of sp³-hybridized carbons (Fsp3) is 0.188. The van der Waals surface area contributed by atoms with Crippen LogP contribution in [0.2, 0.25) is 5.02 Å². The second-order valence-electron chi connectivity index (χ2n) is 5.32. The molecule has 1 heterocycles. The first kappa shape index (κ1) is 16.8. The number of anilines is 1. The Morgan fingerprint density at radius 1 is 1.17 bits per heavy atom. The Morgan fingerprint density at radius 2 is 1.83 bits per heavy atom. The normalized spacial score (nSPS) is 10.9. The summed E-state index contributed by atoms with van der Waals surface area (Å²) in [7, 11) is 0. The topological polar surface area (TPSA) is 94.3 Å². The summed E-state index contributed by atoms with van der Waals surface area (Å²) < 4.78 is 5.69. The average molecular weight is 334 g/mol. The number of pyridine rings is 1. The molecular weight excluding hydrogens is 318 g/mol. The van der Waals surface area contributed by atoms with Crippen molar-refractivity contribution < 1.29 is 14.3 Å². The summed E-state index contributed by atoms with van der Waals surface area (Å²) in [6.45, 7) is 3.28. The molecule has 2 amide bonds. The second kappa shape index (κ2) is 6.66. The van der Waals surface area contributed by atoms with Crippen LogP contribution in [0.25, 0.3) is 0 Å². The maximum Gasteiger partial charge on any atom is 0.268 e. The zero-order valence-corrected chi connectivity index (χ0v) is 13.4. The number of benzene rings is 1. The Balaban J connectivity index is 2.05. The summed E-state index contributed by atoms with van der Waals surface area (Å²) in [4.78, 5) is 27.2. The molecule has 23 heavy (non-hydrogen) atoms. The molecule has 0 aliphatic carbocycles. The van der Waals surface area contributed by atoms with Crippen molar-refractivity contribution in [3.05, 3.63) is 53.3 Å². The van der Waals surface area contributed by atoms with Gasteiger partial charge in [0.2, 0.25) is 0 Å². The van der Waals surface area contributed by atoms with Crippen molar-refractivity contribution in [3.63, 3.8) is 0 Å². The van der Waals surface area contributed by atoms with Crippen LogP contribution in [0.3, 0.4) is 0 Å². The fourth-order valence-electron chi connectivity index (χ4n) is 1.74. The Hall–Kier alpha value is -2.60. The van der Waals surface area contributed by atoms with Gasteiger partial charge in [-0.25, -0.2) is 4.98 Å². The lowest BCUT2D eigenvalue weighted by Gasteiger charge is -2.25. The monoisotopic (exact) mass is 333 g/mol. The number of carbonyl (C=O) groups is 2. The molecule has 0 radical (unpaired) electrons. The minimum absolute atomic E-state index is 0.125. The van der Waals surface area contributed by atoms with E-state index in [0.29, 0.717) is 16.5 Å². The van der Waals surface area contributed by atoms with Crippen LogP contribution in [0.5, 0.6) is 5.75 Å². The van der Waals surface area contributed by atoms with Gasteiger partial charge in [-0.3, -0.25) is 9.59 Å². The number of halogens is 1. The van der Waals surface area contributed by atoms with Gasteiger partial charge >= 0.3 is 0 Å². The first-order valence-electron chi connectivity index (χ1n) is 6.80. The van der Waals surface area contributed by atoms with Crippen molar-refractivity contribution in [2.45, 2.75) is 19.4 Å². The van der Waals surface area contributed by atoms with E-state index < -0.39 is 11.5 Å². The van der Waals surface area contributed by atoms with E-state index in [9.17, 15) is 9.59 Å². The molecule has 1 aromatic carbocycles. The third-order valence-electron chi connectivity index (χ3n) is 3.01. The van der Waals surface area contributed by atoms with Gasteiger partial charge in [0.15, 0.2) is 5.60 Å². The lowest BCUT2D eigenvalue weighted by atomic mass is 10.1. The van der Waals surface area contributed by atoms with E-state index in [2.05, 4.69) is 10.3 Å². The SMILES string of the molecule is CC(C)(Oc1ccc(Cl)cc1)C(=O)Nc1ccc(C(N)=O)nc1. The van der Waals surface area contributed by atoms with Crippen molar-refractivity contribution in [3.8, 4) is 5.75 Å². The number of carbonyl (C=O) groups excluding carboxylic acids is 2. The van der Waals surface area contributed by atoms with Crippen LogP contribution < -0.4 is 15.8 Å². The van der Waals surface area contributed by atoms with Crippen LogP contribution in [0.4, 0.5) is 5.69 Å². The number of hydrogen-bond acceptors (Lipinski definition) is 4. The van der Waals surface area contributed by atoms with Crippen molar-refractivity contribution in [1.29, 1.82) is 0 Å². The number of aromatic nitrogens is 1. The predicted molar refractivity (Wildman–Crippen MR) is 87.5 cm³/mol. The van der Waals surface area contributed by atoms with Crippen molar-refractivity contribution in [2.75, 3.05) is 5.32 Å². The van der Waals surface area contributed by atoms with Crippen LogP contribution in [0.15, 0.2) is 42.6 Å². The van der Waals surface area contributed by atoms with Gasteiger partial charge in [0.1, 0.15) is 11.4 Å².